The van der Waals surface area contributed by atoms with E-state index in [1.54, 1.807) is 12.1 Å². The van der Waals surface area contributed by atoms with Gasteiger partial charge in [-0.1, -0.05) is 23.7 Å². The summed E-state index contributed by atoms with van der Waals surface area (Å²) in [6.45, 7) is 2.34. The van der Waals surface area contributed by atoms with Crippen LogP contribution in [0.25, 0.3) is 0 Å². The third-order valence-electron chi connectivity index (χ3n) is 4.35. The van der Waals surface area contributed by atoms with Gasteiger partial charge in [0.25, 0.3) is 5.56 Å². The van der Waals surface area contributed by atoms with Crippen LogP contribution in [0.2, 0.25) is 5.02 Å². The fourth-order valence-electron chi connectivity index (χ4n) is 2.86. The molecule has 26 heavy (non-hydrogen) atoms. The Bertz CT molecular complexity index is 879. The Morgan fingerprint density at radius 3 is 2.62 bits per heavy atom. The molecule has 0 aliphatic carbocycles. The van der Waals surface area contributed by atoms with Crippen LogP contribution in [0.5, 0.6) is 0 Å². The van der Waals surface area contributed by atoms with E-state index < -0.39 is 35.8 Å². The van der Waals surface area contributed by atoms with Crippen molar-refractivity contribution in [2.75, 3.05) is 6.54 Å². The molecular formula is C17H20ClN3O5. The Labute approximate surface area is 154 Å². The summed E-state index contributed by atoms with van der Waals surface area (Å²) in [5.74, 6) is 0. The van der Waals surface area contributed by atoms with Gasteiger partial charge in [-0.3, -0.25) is 14.3 Å². The number of aliphatic hydroxyl groups is 2. The number of nitrogens with zero attached hydrogens (tertiary/aromatic N) is 1. The quantitative estimate of drug-likeness (QED) is 0.575. The normalized spacial score (nSPS) is 25.5. The second-order valence-corrected chi connectivity index (χ2v) is 6.72. The average molecular weight is 382 g/mol. The smallest absolute Gasteiger partial charge is 0.330 e. The minimum Gasteiger partial charge on any atom is -0.387 e. The molecule has 1 aromatic carbocycles. The zero-order valence-electron chi connectivity index (χ0n) is 14.1. The number of aliphatic hydroxyl groups excluding tert-OH is 2. The maximum absolute atomic E-state index is 12.0. The van der Waals surface area contributed by atoms with E-state index in [4.69, 9.17) is 16.3 Å². The van der Waals surface area contributed by atoms with E-state index in [-0.39, 0.29) is 6.54 Å². The van der Waals surface area contributed by atoms with Gasteiger partial charge in [0, 0.05) is 29.9 Å². The summed E-state index contributed by atoms with van der Waals surface area (Å²) >= 11 is 5.84. The third-order valence-corrected chi connectivity index (χ3v) is 4.60. The van der Waals surface area contributed by atoms with Gasteiger partial charge in [-0.05, 0) is 24.6 Å². The summed E-state index contributed by atoms with van der Waals surface area (Å²) in [6, 6.07) is 7.32. The third kappa shape index (κ3) is 3.89. The molecule has 2 aromatic rings. The van der Waals surface area contributed by atoms with Crippen LogP contribution in [0, 0.1) is 6.92 Å². The van der Waals surface area contributed by atoms with Crippen LogP contribution in [0.1, 0.15) is 17.4 Å². The van der Waals surface area contributed by atoms with E-state index in [0.29, 0.717) is 17.1 Å². The van der Waals surface area contributed by atoms with Crippen molar-refractivity contribution in [3.05, 3.63) is 67.4 Å². The van der Waals surface area contributed by atoms with Crippen molar-refractivity contribution in [3.8, 4) is 0 Å². The molecule has 0 saturated carbocycles. The van der Waals surface area contributed by atoms with Crippen molar-refractivity contribution in [1.29, 1.82) is 0 Å². The van der Waals surface area contributed by atoms with Gasteiger partial charge >= 0.3 is 5.69 Å². The van der Waals surface area contributed by atoms with Crippen molar-refractivity contribution in [2.45, 2.75) is 38.0 Å². The zero-order chi connectivity index (χ0) is 18.8. The van der Waals surface area contributed by atoms with Gasteiger partial charge in [-0.2, -0.15) is 0 Å². The monoisotopic (exact) mass is 381 g/mol. The predicted octanol–water partition coefficient (Wildman–Crippen LogP) is -0.0926. The van der Waals surface area contributed by atoms with Gasteiger partial charge in [0.15, 0.2) is 6.23 Å². The molecule has 1 fully saturated rings. The standard InChI is InChI=1S/C17H20ClN3O5/c1-9-8-21(17(25)20-15(9)24)16-14(23)13(22)12(26-16)7-19-6-10-2-4-11(18)5-3-10/h2-5,8,12-14,16,19,22-23H,6-7H2,1H3,(H,20,24,25)/t12-,13?,14?,16-/m1/s1. The number of aryl methyl sites for hydroxylation is 1. The average Bonchev–Trinajstić information content (AvgIpc) is 2.88. The van der Waals surface area contributed by atoms with E-state index >= 15 is 0 Å². The maximum atomic E-state index is 12.0. The van der Waals surface area contributed by atoms with Crippen molar-refractivity contribution in [1.82, 2.24) is 14.9 Å². The van der Waals surface area contributed by atoms with Crippen molar-refractivity contribution in [2.24, 2.45) is 0 Å². The molecular weight excluding hydrogens is 362 g/mol. The van der Waals surface area contributed by atoms with Gasteiger partial charge in [0.2, 0.25) is 0 Å². The maximum Gasteiger partial charge on any atom is 0.330 e. The number of hydrogen-bond donors (Lipinski definition) is 4. The van der Waals surface area contributed by atoms with Crippen LogP contribution < -0.4 is 16.6 Å². The molecule has 1 aliphatic heterocycles. The van der Waals surface area contributed by atoms with Gasteiger partial charge < -0.3 is 20.3 Å². The molecule has 1 saturated heterocycles. The highest BCUT2D eigenvalue weighted by atomic mass is 35.5. The second kappa shape index (κ2) is 7.73. The molecule has 2 heterocycles. The molecule has 3 rings (SSSR count). The first kappa shape index (κ1) is 18.8. The van der Waals surface area contributed by atoms with E-state index in [0.717, 1.165) is 10.1 Å². The molecule has 0 radical (unpaired) electrons. The number of aromatic nitrogens is 2. The van der Waals surface area contributed by atoms with Crippen LogP contribution in [-0.4, -0.2) is 44.6 Å². The highest BCUT2D eigenvalue weighted by Gasteiger charge is 2.43. The molecule has 9 heteroatoms. The lowest BCUT2D eigenvalue weighted by Crippen LogP contribution is -2.39. The Kier molecular flexibility index (Phi) is 5.59. The van der Waals surface area contributed by atoms with Crippen LogP contribution >= 0.6 is 11.6 Å². The number of hydrogen-bond acceptors (Lipinski definition) is 6. The largest absolute Gasteiger partial charge is 0.387 e. The van der Waals surface area contributed by atoms with Crippen LogP contribution in [0.4, 0.5) is 0 Å². The fraction of sp³-hybridized carbons (Fsp3) is 0.412. The number of benzene rings is 1. The molecule has 140 valence electrons. The number of halogens is 1. The number of H-pyrrole nitrogens is 1. The summed E-state index contributed by atoms with van der Waals surface area (Å²) in [7, 11) is 0. The number of aromatic amines is 1. The lowest BCUT2D eigenvalue weighted by atomic mass is 10.1. The lowest BCUT2D eigenvalue weighted by molar-refractivity contribution is -0.0393. The van der Waals surface area contributed by atoms with Crippen molar-refractivity contribution < 1.29 is 14.9 Å². The predicted molar refractivity (Wildman–Crippen MR) is 95.1 cm³/mol. The molecule has 2 unspecified atom stereocenters. The molecule has 1 aliphatic rings. The van der Waals surface area contributed by atoms with Crippen LogP contribution in [-0.2, 0) is 11.3 Å². The lowest BCUT2D eigenvalue weighted by Gasteiger charge is -2.17. The Morgan fingerprint density at radius 2 is 1.92 bits per heavy atom. The molecule has 4 atom stereocenters. The summed E-state index contributed by atoms with van der Waals surface area (Å²) < 4.78 is 6.75. The van der Waals surface area contributed by atoms with Gasteiger partial charge in [0.05, 0.1) is 0 Å². The van der Waals surface area contributed by atoms with Gasteiger partial charge in [0.1, 0.15) is 18.3 Å². The molecule has 0 bridgehead atoms. The molecule has 8 nitrogen and oxygen atoms in total. The Balaban J connectivity index is 1.66. The first-order chi connectivity index (χ1) is 12.4. The van der Waals surface area contributed by atoms with Crippen molar-refractivity contribution in [3.63, 3.8) is 0 Å². The number of nitrogens with one attached hydrogen (secondary N) is 2. The highest BCUT2D eigenvalue weighted by Crippen LogP contribution is 2.28. The van der Waals surface area contributed by atoms with Crippen molar-refractivity contribution >= 4 is 11.6 Å². The number of ether oxygens (including phenoxy) is 1. The Morgan fingerprint density at radius 1 is 1.23 bits per heavy atom. The van der Waals surface area contributed by atoms with E-state index in [1.165, 1.54) is 13.1 Å². The van der Waals surface area contributed by atoms with E-state index in [1.807, 2.05) is 12.1 Å². The first-order valence-electron chi connectivity index (χ1n) is 8.15. The Hall–Kier alpha value is -1.97. The first-order valence-corrected chi connectivity index (χ1v) is 8.53. The van der Waals surface area contributed by atoms with Gasteiger partial charge in [-0.15, -0.1) is 0 Å². The molecule has 4 N–H and O–H groups in total. The summed E-state index contributed by atoms with van der Waals surface area (Å²) in [5, 5.41) is 24.2. The van der Waals surface area contributed by atoms with E-state index in [9.17, 15) is 19.8 Å². The fourth-order valence-corrected chi connectivity index (χ4v) is 2.99. The van der Waals surface area contributed by atoms with Crippen LogP contribution in [0.15, 0.2) is 40.1 Å². The SMILES string of the molecule is Cc1cn([C@@H]2O[C@H](CNCc3ccc(Cl)cc3)C(O)C2O)c(=O)[nH]c1=O. The second-order valence-electron chi connectivity index (χ2n) is 6.28. The van der Waals surface area contributed by atoms with Crippen LogP contribution in [0.3, 0.4) is 0 Å². The zero-order valence-corrected chi connectivity index (χ0v) is 14.8. The van der Waals surface area contributed by atoms with E-state index in [2.05, 4.69) is 10.3 Å². The topological polar surface area (TPSA) is 117 Å². The molecule has 0 spiro atoms. The summed E-state index contributed by atoms with van der Waals surface area (Å²) in [4.78, 5) is 25.6. The molecule has 1 aromatic heterocycles. The minimum atomic E-state index is -1.29. The van der Waals surface area contributed by atoms with Gasteiger partial charge in [-0.25, -0.2) is 4.79 Å². The highest BCUT2D eigenvalue weighted by molar-refractivity contribution is 6.30. The number of rotatable bonds is 5. The summed E-state index contributed by atoms with van der Waals surface area (Å²) in [5.41, 5.74) is 0.109. The minimum absolute atomic E-state index is 0.272. The molecule has 0 amide bonds. The summed E-state index contributed by atoms with van der Waals surface area (Å²) in [6.07, 6.45) is -2.93.